The molecule has 0 spiro atoms. The first-order valence-corrected chi connectivity index (χ1v) is 8.20. The summed E-state index contributed by atoms with van der Waals surface area (Å²) in [5.41, 5.74) is 2.75. The van der Waals surface area contributed by atoms with E-state index in [-0.39, 0.29) is 6.04 Å². The smallest absolute Gasteiger partial charge is 0.0534 e. The van der Waals surface area contributed by atoms with Crippen LogP contribution in [-0.4, -0.2) is 7.05 Å². The standard InChI is InChI=1S/C16H21BrClN/c1-19-16(12-7-5-3-2-4-6-8-12)13-9-14(17)11-15(18)10-13/h7,9-11,16,19H,2-6,8H2,1H3/b12-7+. The van der Waals surface area contributed by atoms with Gasteiger partial charge in [-0.2, -0.15) is 0 Å². The number of hydrogen-bond acceptors (Lipinski definition) is 1. The maximum Gasteiger partial charge on any atom is 0.0534 e. The summed E-state index contributed by atoms with van der Waals surface area (Å²) in [5, 5.41) is 4.23. The molecule has 1 aliphatic carbocycles. The third-order valence-corrected chi connectivity index (χ3v) is 4.38. The van der Waals surface area contributed by atoms with Crippen LogP contribution in [-0.2, 0) is 0 Å². The van der Waals surface area contributed by atoms with Crippen LogP contribution in [0.15, 0.2) is 34.3 Å². The van der Waals surface area contributed by atoms with Gasteiger partial charge in [-0.1, -0.05) is 52.0 Å². The van der Waals surface area contributed by atoms with Gasteiger partial charge in [0.2, 0.25) is 0 Å². The van der Waals surface area contributed by atoms with E-state index in [1.165, 1.54) is 49.7 Å². The molecule has 0 bridgehead atoms. The highest BCUT2D eigenvalue weighted by atomic mass is 79.9. The van der Waals surface area contributed by atoms with E-state index in [0.29, 0.717) is 0 Å². The van der Waals surface area contributed by atoms with Gasteiger partial charge in [0, 0.05) is 9.50 Å². The maximum atomic E-state index is 6.17. The van der Waals surface area contributed by atoms with Crippen molar-refractivity contribution in [3.8, 4) is 0 Å². The second-order valence-corrected chi connectivity index (χ2v) is 6.51. The van der Waals surface area contributed by atoms with Crippen LogP contribution < -0.4 is 5.32 Å². The quantitative estimate of drug-likeness (QED) is 0.700. The maximum absolute atomic E-state index is 6.17. The van der Waals surface area contributed by atoms with Gasteiger partial charge < -0.3 is 5.32 Å². The fourth-order valence-corrected chi connectivity index (χ4v) is 3.67. The lowest BCUT2D eigenvalue weighted by molar-refractivity contribution is 0.574. The van der Waals surface area contributed by atoms with Crippen LogP contribution in [0.3, 0.4) is 0 Å². The van der Waals surface area contributed by atoms with E-state index in [1.54, 1.807) is 0 Å². The van der Waals surface area contributed by atoms with Crippen molar-refractivity contribution in [1.82, 2.24) is 5.32 Å². The molecule has 1 unspecified atom stereocenters. The molecule has 0 aromatic heterocycles. The van der Waals surface area contributed by atoms with Crippen LogP contribution in [0.5, 0.6) is 0 Å². The van der Waals surface area contributed by atoms with Crippen molar-refractivity contribution in [2.24, 2.45) is 0 Å². The first kappa shape index (κ1) is 15.1. The highest BCUT2D eigenvalue weighted by Gasteiger charge is 2.16. The van der Waals surface area contributed by atoms with Crippen molar-refractivity contribution in [3.05, 3.63) is 44.9 Å². The van der Waals surface area contributed by atoms with Crippen LogP contribution in [0.2, 0.25) is 5.02 Å². The summed E-state index contributed by atoms with van der Waals surface area (Å²) < 4.78 is 1.04. The predicted octanol–water partition coefficient (Wildman–Crippen LogP) is 5.64. The molecular formula is C16H21BrClN. The van der Waals surface area contributed by atoms with Crippen LogP contribution in [0.1, 0.15) is 50.1 Å². The Bertz CT molecular complexity index is 436. The Morgan fingerprint density at radius 1 is 1.16 bits per heavy atom. The monoisotopic (exact) mass is 341 g/mol. The van der Waals surface area contributed by atoms with Crippen molar-refractivity contribution in [2.75, 3.05) is 7.05 Å². The van der Waals surface area contributed by atoms with Gasteiger partial charge in [0.1, 0.15) is 0 Å². The van der Waals surface area contributed by atoms with E-state index in [9.17, 15) is 0 Å². The van der Waals surface area contributed by atoms with Gasteiger partial charge in [-0.05, 0) is 56.5 Å². The topological polar surface area (TPSA) is 12.0 Å². The minimum absolute atomic E-state index is 0.285. The molecule has 2 rings (SSSR count). The van der Waals surface area contributed by atoms with Gasteiger partial charge in [0.15, 0.2) is 0 Å². The van der Waals surface area contributed by atoms with Gasteiger partial charge >= 0.3 is 0 Å². The first-order valence-electron chi connectivity index (χ1n) is 7.03. The molecule has 1 aromatic rings. The number of likely N-dealkylation sites (N-methyl/N-ethyl adjacent to an activating group) is 1. The Morgan fingerprint density at radius 3 is 2.68 bits per heavy atom. The predicted molar refractivity (Wildman–Crippen MR) is 86.7 cm³/mol. The highest BCUT2D eigenvalue weighted by Crippen LogP contribution is 2.31. The lowest BCUT2D eigenvalue weighted by Crippen LogP contribution is -2.19. The average Bonchev–Trinajstić information content (AvgIpc) is 2.31. The molecule has 19 heavy (non-hydrogen) atoms. The van der Waals surface area contributed by atoms with E-state index in [0.717, 1.165) is 9.50 Å². The molecule has 0 fully saturated rings. The summed E-state index contributed by atoms with van der Waals surface area (Å²) in [5.74, 6) is 0. The number of allylic oxidation sites excluding steroid dienone is 1. The molecule has 0 aliphatic heterocycles. The van der Waals surface area contributed by atoms with E-state index in [4.69, 9.17) is 11.6 Å². The molecule has 1 nitrogen and oxygen atoms in total. The molecule has 1 atom stereocenters. The number of nitrogens with one attached hydrogen (secondary N) is 1. The zero-order chi connectivity index (χ0) is 13.7. The molecule has 0 radical (unpaired) electrons. The molecule has 0 amide bonds. The van der Waals surface area contributed by atoms with Crippen molar-refractivity contribution >= 4 is 27.5 Å². The zero-order valence-electron chi connectivity index (χ0n) is 11.4. The second-order valence-electron chi connectivity index (χ2n) is 5.16. The summed E-state index contributed by atoms with van der Waals surface area (Å²) in [6, 6.07) is 6.44. The van der Waals surface area contributed by atoms with E-state index >= 15 is 0 Å². The molecule has 3 heteroatoms. The van der Waals surface area contributed by atoms with E-state index in [1.807, 2.05) is 13.1 Å². The molecular weight excluding hydrogens is 322 g/mol. The minimum Gasteiger partial charge on any atom is -0.310 e. The molecule has 0 heterocycles. The number of halogens is 2. The Morgan fingerprint density at radius 2 is 1.95 bits per heavy atom. The molecule has 1 aliphatic rings. The van der Waals surface area contributed by atoms with Gasteiger partial charge in [0.05, 0.1) is 6.04 Å². The fourth-order valence-electron chi connectivity index (χ4n) is 2.79. The Balaban J connectivity index is 2.26. The number of hydrogen-bond donors (Lipinski definition) is 1. The molecule has 0 saturated heterocycles. The lowest BCUT2D eigenvalue weighted by Gasteiger charge is -2.23. The third-order valence-electron chi connectivity index (χ3n) is 3.70. The lowest BCUT2D eigenvalue weighted by atomic mass is 9.91. The van der Waals surface area contributed by atoms with Crippen molar-refractivity contribution in [2.45, 2.75) is 44.6 Å². The fraction of sp³-hybridized carbons (Fsp3) is 0.500. The molecule has 1 N–H and O–H groups in total. The van der Waals surface area contributed by atoms with E-state index < -0.39 is 0 Å². The summed E-state index contributed by atoms with van der Waals surface area (Å²) >= 11 is 9.70. The van der Waals surface area contributed by atoms with Crippen molar-refractivity contribution < 1.29 is 0 Å². The van der Waals surface area contributed by atoms with Crippen molar-refractivity contribution in [3.63, 3.8) is 0 Å². The van der Waals surface area contributed by atoms with Gasteiger partial charge in [-0.3, -0.25) is 0 Å². The largest absolute Gasteiger partial charge is 0.310 e. The first-order chi connectivity index (χ1) is 9.20. The average molecular weight is 343 g/mol. The van der Waals surface area contributed by atoms with Gasteiger partial charge in [-0.15, -0.1) is 0 Å². The Hall–Kier alpha value is -0.310. The SMILES string of the molecule is CNC(/C1=C/CCCCCC1)c1cc(Cl)cc(Br)c1. The molecule has 104 valence electrons. The van der Waals surface area contributed by atoms with Crippen LogP contribution in [0.25, 0.3) is 0 Å². The van der Waals surface area contributed by atoms with Crippen molar-refractivity contribution in [1.29, 1.82) is 0 Å². The summed E-state index contributed by atoms with van der Waals surface area (Å²) in [4.78, 5) is 0. The summed E-state index contributed by atoms with van der Waals surface area (Å²) in [6.07, 6.45) is 10.2. The third kappa shape index (κ3) is 4.34. The van der Waals surface area contributed by atoms with Gasteiger partial charge in [0.25, 0.3) is 0 Å². The minimum atomic E-state index is 0.285. The van der Waals surface area contributed by atoms with Crippen LogP contribution in [0.4, 0.5) is 0 Å². The van der Waals surface area contributed by atoms with E-state index in [2.05, 4.69) is 39.5 Å². The van der Waals surface area contributed by atoms with Crippen LogP contribution >= 0.6 is 27.5 Å². The Kier molecular flexibility index (Phi) is 5.93. The zero-order valence-corrected chi connectivity index (χ0v) is 13.7. The molecule has 0 saturated carbocycles. The Labute approximate surface area is 129 Å². The summed E-state index contributed by atoms with van der Waals surface area (Å²) in [7, 11) is 2.03. The van der Waals surface area contributed by atoms with Gasteiger partial charge in [-0.25, -0.2) is 0 Å². The normalized spacial score (nSPS) is 21.1. The number of benzene rings is 1. The number of rotatable bonds is 3. The second kappa shape index (κ2) is 7.47. The summed E-state index contributed by atoms with van der Waals surface area (Å²) in [6.45, 7) is 0. The van der Waals surface area contributed by atoms with Crippen LogP contribution in [0, 0.1) is 0 Å². The molecule has 1 aromatic carbocycles. The highest BCUT2D eigenvalue weighted by molar-refractivity contribution is 9.10.